The van der Waals surface area contributed by atoms with E-state index in [4.69, 9.17) is 11.5 Å². The lowest BCUT2D eigenvalue weighted by atomic mass is 10.1. The molecule has 2 heterocycles. The van der Waals surface area contributed by atoms with Gasteiger partial charge < -0.3 is 31.9 Å². The number of guanidine groups is 2. The summed E-state index contributed by atoms with van der Waals surface area (Å²) in [5.74, 6) is 0.306. The van der Waals surface area contributed by atoms with Crippen LogP contribution in [0.3, 0.4) is 0 Å². The zero-order chi connectivity index (χ0) is 27.9. The number of nitrogens with one attached hydrogen (secondary N) is 2. The SMILES string of the molecule is NC1=N[C@@H](Cc2ccccc2)CN1CC(=O)Nc1cccc(NC(=O)CN2C[C@H](Cc3ccccc3)N=C2N)c1. The third-order valence-corrected chi connectivity index (χ3v) is 6.87. The summed E-state index contributed by atoms with van der Waals surface area (Å²) in [4.78, 5) is 38.1. The first kappa shape index (κ1) is 26.7. The number of carbonyl (C=O) groups excluding carboxylic acids is 2. The molecule has 0 aromatic heterocycles. The smallest absolute Gasteiger partial charge is 0.244 e. The van der Waals surface area contributed by atoms with Crippen molar-refractivity contribution in [2.75, 3.05) is 36.8 Å². The maximum absolute atomic E-state index is 12.8. The van der Waals surface area contributed by atoms with E-state index in [0.717, 1.165) is 12.8 Å². The molecule has 0 spiro atoms. The molecule has 0 fully saturated rings. The molecule has 0 unspecified atom stereocenters. The Balaban J connectivity index is 1.08. The Morgan fingerprint density at radius 1 is 0.675 bits per heavy atom. The second kappa shape index (κ2) is 12.3. The van der Waals surface area contributed by atoms with Gasteiger partial charge in [0.1, 0.15) is 13.1 Å². The van der Waals surface area contributed by atoms with Crippen molar-refractivity contribution in [2.24, 2.45) is 21.5 Å². The van der Waals surface area contributed by atoms with Crippen LogP contribution in [0.1, 0.15) is 11.1 Å². The van der Waals surface area contributed by atoms with Gasteiger partial charge in [0.05, 0.1) is 12.1 Å². The Bertz CT molecular complexity index is 1290. The van der Waals surface area contributed by atoms with Crippen molar-refractivity contribution in [1.82, 2.24) is 9.80 Å². The van der Waals surface area contributed by atoms with Gasteiger partial charge in [0.2, 0.25) is 11.8 Å². The molecule has 0 saturated heterocycles. The highest BCUT2D eigenvalue weighted by Crippen LogP contribution is 2.18. The predicted octanol–water partition coefficient (Wildman–Crippen LogP) is 2.05. The third kappa shape index (κ3) is 7.16. The lowest BCUT2D eigenvalue weighted by Gasteiger charge is -2.19. The van der Waals surface area contributed by atoms with Crippen LogP contribution in [0.4, 0.5) is 11.4 Å². The summed E-state index contributed by atoms with van der Waals surface area (Å²) >= 11 is 0. The average Bonchev–Trinajstić information content (AvgIpc) is 3.45. The molecule has 0 radical (unpaired) electrons. The highest BCUT2D eigenvalue weighted by Gasteiger charge is 2.26. The Morgan fingerprint density at radius 2 is 1.10 bits per heavy atom. The fourth-order valence-corrected chi connectivity index (χ4v) is 5.02. The van der Waals surface area contributed by atoms with Crippen LogP contribution in [0.15, 0.2) is 94.9 Å². The van der Waals surface area contributed by atoms with E-state index in [1.54, 1.807) is 34.1 Å². The minimum atomic E-state index is -0.215. The monoisotopic (exact) mass is 538 g/mol. The molecule has 5 rings (SSSR count). The summed E-state index contributed by atoms with van der Waals surface area (Å²) in [7, 11) is 0. The first-order chi connectivity index (χ1) is 19.4. The van der Waals surface area contributed by atoms with E-state index >= 15 is 0 Å². The van der Waals surface area contributed by atoms with Gasteiger partial charge in [-0.15, -0.1) is 0 Å². The van der Waals surface area contributed by atoms with Gasteiger partial charge in [-0.05, 0) is 42.2 Å². The van der Waals surface area contributed by atoms with Crippen LogP contribution in [-0.4, -0.2) is 71.8 Å². The minimum Gasteiger partial charge on any atom is -0.370 e. The van der Waals surface area contributed by atoms with Crippen molar-refractivity contribution in [3.05, 3.63) is 96.1 Å². The van der Waals surface area contributed by atoms with Gasteiger partial charge in [-0.1, -0.05) is 66.7 Å². The highest BCUT2D eigenvalue weighted by atomic mass is 16.2. The van der Waals surface area contributed by atoms with Crippen LogP contribution in [0, 0.1) is 0 Å². The van der Waals surface area contributed by atoms with Crippen LogP contribution in [0.2, 0.25) is 0 Å². The van der Waals surface area contributed by atoms with Crippen molar-refractivity contribution in [2.45, 2.75) is 24.9 Å². The molecular formula is C30H34N8O2. The number of rotatable bonds is 10. The van der Waals surface area contributed by atoms with Crippen LogP contribution in [0.5, 0.6) is 0 Å². The van der Waals surface area contributed by atoms with E-state index in [1.807, 2.05) is 36.4 Å². The first-order valence-corrected chi connectivity index (χ1v) is 13.4. The minimum absolute atomic E-state index is 0.0112. The highest BCUT2D eigenvalue weighted by molar-refractivity contribution is 5.98. The maximum Gasteiger partial charge on any atom is 0.244 e. The number of anilines is 2. The normalized spacial score (nSPS) is 18.3. The molecule has 40 heavy (non-hydrogen) atoms. The van der Waals surface area contributed by atoms with Crippen molar-refractivity contribution in [3.8, 4) is 0 Å². The second-order valence-electron chi connectivity index (χ2n) is 10.1. The average molecular weight is 539 g/mol. The number of hydrogen-bond donors (Lipinski definition) is 4. The lowest BCUT2D eigenvalue weighted by molar-refractivity contribution is -0.117. The second-order valence-corrected chi connectivity index (χ2v) is 10.1. The molecule has 10 heteroatoms. The molecule has 2 atom stereocenters. The van der Waals surface area contributed by atoms with Gasteiger partial charge >= 0.3 is 0 Å². The van der Waals surface area contributed by atoms with Gasteiger partial charge in [0.25, 0.3) is 0 Å². The topological polar surface area (TPSA) is 141 Å². The van der Waals surface area contributed by atoms with Gasteiger partial charge in [-0.25, -0.2) is 9.98 Å². The lowest BCUT2D eigenvalue weighted by Crippen LogP contribution is -2.40. The van der Waals surface area contributed by atoms with Crippen LogP contribution in [0.25, 0.3) is 0 Å². The van der Waals surface area contributed by atoms with E-state index < -0.39 is 0 Å². The van der Waals surface area contributed by atoms with Crippen LogP contribution < -0.4 is 22.1 Å². The molecule has 10 nitrogen and oxygen atoms in total. The van der Waals surface area contributed by atoms with Crippen molar-refractivity contribution < 1.29 is 9.59 Å². The van der Waals surface area contributed by atoms with Crippen molar-refractivity contribution in [1.29, 1.82) is 0 Å². The number of benzene rings is 3. The molecule has 6 N–H and O–H groups in total. The largest absolute Gasteiger partial charge is 0.370 e. The van der Waals surface area contributed by atoms with Crippen LogP contribution in [-0.2, 0) is 22.4 Å². The number of nitrogens with two attached hydrogens (primary N) is 2. The van der Waals surface area contributed by atoms with Gasteiger partial charge in [-0.3, -0.25) is 9.59 Å². The van der Waals surface area contributed by atoms with Gasteiger partial charge in [0.15, 0.2) is 11.9 Å². The van der Waals surface area contributed by atoms with E-state index in [0.29, 0.717) is 36.4 Å². The number of carbonyl (C=O) groups is 2. The van der Waals surface area contributed by atoms with Crippen molar-refractivity contribution in [3.63, 3.8) is 0 Å². The first-order valence-electron chi connectivity index (χ1n) is 13.4. The molecule has 2 amide bonds. The number of nitrogens with zero attached hydrogens (tertiary/aromatic N) is 4. The predicted molar refractivity (Wildman–Crippen MR) is 158 cm³/mol. The van der Waals surface area contributed by atoms with E-state index in [1.165, 1.54) is 11.1 Å². The quantitative estimate of drug-likeness (QED) is 0.311. The zero-order valence-corrected chi connectivity index (χ0v) is 22.2. The van der Waals surface area contributed by atoms with Crippen LogP contribution >= 0.6 is 0 Å². The molecule has 0 aliphatic carbocycles. The molecule has 206 valence electrons. The number of aliphatic imine (C=N–C) groups is 2. The maximum atomic E-state index is 12.8. The Kier molecular flexibility index (Phi) is 8.24. The summed E-state index contributed by atoms with van der Waals surface area (Å²) in [6, 6.07) is 27.2. The number of amides is 2. The summed E-state index contributed by atoms with van der Waals surface area (Å²) in [5.41, 5.74) is 15.7. The molecule has 2 aliphatic heterocycles. The molecule has 3 aromatic rings. The summed E-state index contributed by atoms with van der Waals surface area (Å²) in [6.07, 6.45) is 1.54. The van der Waals surface area contributed by atoms with Crippen molar-refractivity contribution >= 4 is 35.1 Å². The summed E-state index contributed by atoms with van der Waals surface area (Å²) in [5, 5.41) is 5.77. The fourth-order valence-electron chi connectivity index (χ4n) is 5.02. The Morgan fingerprint density at radius 3 is 1.52 bits per heavy atom. The molecule has 2 aliphatic rings. The Hall–Kier alpha value is -4.86. The summed E-state index contributed by atoms with van der Waals surface area (Å²) in [6.45, 7) is 1.35. The van der Waals surface area contributed by atoms with E-state index in [2.05, 4.69) is 44.9 Å². The molecule has 0 bridgehead atoms. The van der Waals surface area contributed by atoms with Gasteiger partial charge in [-0.2, -0.15) is 0 Å². The summed E-state index contributed by atoms with van der Waals surface area (Å²) < 4.78 is 0. The molecule has 0 saturated carbocycles. The Labute approximate surface area is 233 Å². The van der Waals surface area contributed by atoms with Gasteiger partial charge in [0, 0.05) is 24.5 Å². The third-order valence-electron chi connectivity index (χ3n) is 6.87. The molecular weight excluding hydrogens is 504 g/mol. The van der Waals surface area contributed by atoms with E-state index in [-0.39, 0.29) is 37.0 Å². The standard InChI is InChI=1S/C30H34N8O2/c31-29-35-25(14-21-8-3-1-4-9-21)17-37(29)19-27(39)33-23-12-7-13-24(16-23)34-28(40)20-38-18-26(36-30(38)32)15-22-10-5-2-6-11-22/h1-13,16,25-26H,14-15,17-20H2,(H2,31,35)(H2,32,36)(H,33,39)(H,34,40)/t25-,26-/m0/s1. The van der Waals surface area contributed by atoms with E-state index in [9.17, 15) is 9.59 Å². The fraction of sp³-hybridized carbons (Fsp3) is 0.267. The number of hydrogen-bond acceptors (Lipinski definition) is 8. The zero-order valence-electron chi connectivity index (χ0n) is 22.2. The molecule has 3 aromatic carbocycles.